The zero-order chi connectivity index (χ0) is 18.6. The van der Waals surface area contributed by atoms with Crippen LogP contribution in [0.25, 0.3) is 0 Å². The lowest BCUT2D eigenvalue weighted by Gasteiger charge is -2.23. The van der Waals surface area contributed by atoms with Crippen molar-refractivity contribution in [3.05, 3.63) is 64.8 Å². The van der Waals surface area contributed by atoms with E-state index in [0.717, 1.165) is 31.7 Å². The van der Waals surface area contributed by atoms with E-state index in [0.29, 0.717) is 22.3 Å². The number of carbonyl (C=O) groups excluding carboxylic acids is 1. The first-order valence-electron chi connectivity index (χ1n) is 8.92. The first-order chi connectivity index (χ1) is 13.2. The molecule has 1 aliphatic rings. The molecule has 0 saturated carbocycles. The molecule has 138 valence electrons. The standard InChI is InChI=1S/C20H20N4O2S/c1-2-24-11-10-16-17(13-24)27-20(22-16)23-19(25)14-8-9-18(21-12-14)26-15-6-4-3-5-7-15/h3-9,12H,2,10-11,13H2,1H3,(H,22,23,25). The summed E-state index contributed by atoms with van der Waals surface area (Å²) in [6.07, 6.45) is 2.45. The highest BCUT2D eigenvalue weighted by Gasteiger charge is 2.20. The number of pyridine rings is 1. The Balaban J connectivity index is 1.41. The van der Waals surface area contributed by atoms with Gasteiger partial charge in [-0.2, -0.15) is 0 Å². The van der Waals surface area contributed by atoms with Crippen LogP contribution in [0.1, 0.15) is 27.9 Å². The second-order valence-corrected chi connectivity index (χ2v) is 7.35. The predicted octanol–water partition coefficient (Wildman–Crippen LogP) is 3.96. The summed E-state index contributed by atoms with van der Waals surface area (Å²) in [4.78, 5) is 24.9. The number of benzene rings is 1. The zero-order valence-electron chi connectivity index (χ0n) is 15.0. The van der Waals surface area contributed by atoms with Crippen molar-refractivity contribution in [2.45, 2.75) is 19.9 Å². The van der Waals surface area contributed by atoms with Crippen molar-refractivity contribution in [2.75, 3.05) is 18.4 Å². The number of ether oxygens (including phenoxy) is 1. The van der Waals surface area contributed by atoms with Gasteiger partial charge in [0.2, 0.25) is 5.88 Å². The van der Waals surface area contributed by atoms with Gasteiger partial charge in [-0.25, -0.2) is 9.97 Å². The smallest absolute Gasteiger partial charge is 0.259 e. The fraction of sp³-hybridized carbons (Fsp3) is 0.250. The molecule has 1 aromatic carbocycles. The number of hydrogen-bond donors (Lipinski definition) is 1. The number of carbonyl (C=O) groups is 1. The minimum Gasteiger partial charge on any atom is -0.439 e. The van der Waals surface area contributed by atoms with Crippen LogP contribution in [-0.4, -0.2) is 33.9 Å². The van der Waals surface area contributed by atoms with Crippen LogP contribution in [0.2, 0.25) is 0 Å². The average Bonchev–Trinajstić information content (AvgIpc) is 3.10. The molecule has 7 heteroatoms. The number of aromatic nitrogens is 2. The van der Waals surface area contributed by atoms with Crippen molar-refractivity contribution in [1.29, 1.82) is 0 Å². The van der Waals surface area contributed by atoms with Gasteiger partial charge in [0, 0.05) is 36.7 Å². The molecule has 0 radical (unpaired) electrons. The van der Waals surface area contributed by atoms with Gasteiger partial charge in [-0.15, -0.1) is 11.3 Å². The zero-order valence-corrected chi connectivity index (χ0v) is 15.8. The number of anilines is 1. The van der Waals surface area contributed by atoms with Gasteiger partial charge in [0.1, 0.15) is 5.75 Å². The number of nitrogens with one attached hydrogen (secondary N) is 1. The van der Waals surface area contributed by atoms with Gasteiger partial charge in [0.25, 0.3) is 5.91 Å². The minimum absolute atomic E-state index is 0.216. The number of fused-ring (bicyclic) bond motifs is 1. The molecular formula is C20H20N4O2S. The summed E-state index contributed by atoms with van der Waals surface area (Å²) >= 11 is 1.55. The maximum Gasteiger partial charge on any atom is 0.259 e. The van der Waals surface area contributed by atoms with Crippen molar-refractivity contribution in [3.8, 4) is 11.6 Å². The number of rotatable bonds is 5. The molecule has 0 aliphatic carbocycles. The summed E-state index contributed by atoms with van der Waals surface area (Å²) in [5, 5.41) is 3.53. The molecule has 0 bridgehead atoms. The molecular weight excluding hydrogens is 360 g/mol. The van der Waals surface area contributed by atoms with Crippen LogP contribution in [0.3, 0.4) is 0 Å². The molecule has 1 aliphatic heterocycles. The van der Waals surface area contributed by atoms with E-state index < -0.39 is 0 Å². The Hall–Kier alpha value is -2.77. The molecule has 1 N–H and O–H groups in total. The highest BCUT2D eigenvalue weighted by Crippen LogP contribution is 2.28. The van der Waals surface area contributed by atoms with Gasteiger partial charge in [0.05, 0.1) is 11.3 Å². The maximum absolute atomic E-state index is 12.5. The lowest BCUT2D eigenvalue weighted by Crippen LogP contribution is -2.29. The van der Waals surface area contributed by atoms with Gasteiger partial charge in [-0.1, -0.05) is 25.1 Å². The first-order valence-corrected chi connectivity index (χ1v) is 9.74. The Morgan fingerprint density at radius 1 is 1.26 bits per heavy atom. The summed E-state index contributed by atoms with van der Waals surface area (Å²) in [5.74, 6) is 0.936. The third-order valence-electron chi connectivity index (χ3n) is 4.44. The van der Waals surface area contributed by atoms with E-state index in [1.807, 2.05) is 30.3 Å². The number of likely N-dealkylation sites (N-methyl/N-ethyl adjacent to an activating group) is 1. The minimum atomic E-state index is -0.216. The molecule has 0 atom stereocenters. The third-order valence-corrected chi connectivity index (χ3v) is 5.44. The van der Waals surface area contributed by atoms with E-state index in [9.17, 15) is 4.79 Å². The molecule has 3 heterocycles. The van der Waals surface area contributed by atoms with E-state index in [1.165, 1.54) is 11.1 Å². The van der Waals surface area contributed by atoms with Crippen LogP contribution >= 0.6 is 11.3 Å². The van der Waals surface area contributed by atoms with E-state index in [2.05, 4.69) is 27.1 Å². The molecule has 0 saturated heterocycles. The lowest BCUT2D eigenvalue weighted by atomic mass is 10.2. The van der Waals surface area contributed by atoms with Crippen LogP contribution in [-0.2, 0) is 13.0 Å². The Kier molecular flexibility index (Phi) is 5.13. The average molecular weight is 380 g/mol. The summed E-state index contributed by atoms with van der Waals surface area (Å²) < 4.78 is 5.65. The molecule has 6 nitrogen and oxygen atoms in total. The molecule has 27 heavy (non-hydrogen) atoms. The number of para-hydroxylation sites is 1. The van der Waals surface area contributed by atoms with E-state index in [1.54, 1.807) is 23.5 Å². The maximum atomic E-state index is 12.5. The Bertz CT molecular complexity index is 925. The van der Waals surface area contributed by atoms with Crippen molar-refractivity contribution in [1.82, 2.24) is 14.9 Å². The van der Waals surface area contributed by atoms with Gasteiger partial charge in [-0.3, -0.25) is 15.0 Å². The van der Waals surface area contributed by atoms with Gasteiger partial charge in [0.15, 0.2) is 5.13 Å². The summed E-state index contributed by atoms with van der Waals surface area (Å²) in [6, 6.07) is 12.8. The second kappa shape index (κ2) is 7.85. The number of nitrogens with zero attached hydrogens (tertiary/aromatic N) is 3. The molecule has 1 amide bonds. The Morgan fingerprint density at radius 3 is 2.85 bits per heavy atom. The predicted molar refractivity (Wildman–Crippen MR) is 105 cm³/mol. The second-order valence-electron chi connectivity index (χ2n) is 6.26. The fourth-order valence-corrected chi connectivity index (χ4v) is 3.97. The van der Waals surface area contributed by atoms with Crippen LogP contribution in [0.5, 0.6) is 11.6 Å². The third kappa shape index (κ3) is 4.15. The van der Waals surface area contributed by atoms with Gasteiger partial charge < -0.3 is 4.74 Å². The molecule has 3 aromatic rings. The number of amides is 1. The molecule has 0 spiro atoms. The number of hydrogen-bond acceptors (Lipinski definition) is 6. The fourth-order valence-electron chi connectivity index (χ4n) is 2.93. The van der Waals surface area contributed by atoms with E-state index in [4.69, 9.17) is 4.74 Å². The van der Waals surface area contributed by atoms with Crippen LogP contribution < -0.4 is 10.1 Å². The lowest BCUT2D eigenvalue weighted by molar-refractivity contribution is 0.102. The van der Waals surface area contributed by atoms with Crippen LogP contribution in [0.15, 0.2) is 48.7 Å². The monoisotopic (exact) mass is 380 g/mol. The summed E-state index contributed by atoms with van der Waals surface area (Å²) in [6.45, 7) is 5.12. The highest BCUT2D eigenvalue weighted by molar-refractivity contribution is 7.15. The normalized spacial score (nSPS) is 13.8. The van der Waals surface area contributed by atoms with Crippen LogP contribution in [0.4, 0.5) is 5.13 Å². The van der Waals surface area contributed by atoms with Gasteiger partial charge >= 0.3 is 0 Å². The largest absolute Gasteiger partial charge is 0.439 e. The SMILES string of the molecule is CCN1CCc2nc(NC(=O)c3ccc(Oc4ccccc4)nc3)sc2C1. The molecule has 2 aromatic heterocycles. The number of thiazole rings is 1. The van der Waals surface area contributed by atoms with Crippen molar-refractivity contribution >= 4 is 22.4 Å². The summed E-state index contributed by atoms with van der Waals surface area (Å²) in [7, 11) is 0. The van der Waals surface area contributed by atoms with Crippen molar-refractivity contribution in [2.24, 2.45) is 0 Å². The molecule has 4 rings (SSSR count). The topological polar surface area (TPSA) is 67.4 Å². The molecule has 0 unspecified atom stereocenters. The molecule has 0 fully saturated rings. The van der Waals surface area contributed by atoms with E-state index in [-0.39, 0.29) is 5.91 Å². The summed E-state index contributed by atoms with van der Waals surface area (Å²) in [5.41, 5.74) is 1.57. The Morgan fingerprint density at radius 2 is 2.11 bits per heavy atom. The van der Waals surface area contributed by atoms with Gasteiger partial charge in [-0.05, 0) is 24.7 Å². The first kappa shape index (κ1) is 17.6. The highest BCUT2D eigenvalue weighted by atomic mass is 32.1. The Labute approximate surface area is 161 Å². The van der Waals surface area contributed by atoms with Crippen molar-refractivity contribution in [3.63, 3.8) is 0 Å². The van der Waals surface area contributed by atoms with Crippen molar-refractivity contribution < 1.29 is 9.53 Å². The quantitative estimate of drug-likeness (QED) is 0.726. The van der Waals surface area contributed by atoms with E-state index >= 15 is 0 Å². The van der Waals surface area contributed by atoms with Crippen LogP contribution in [0, 0.1) is 0 Å².